The quantitative estimate of drug-likeness (QED) is 0.820. The average molecular weight is 244 g/mol. The molecule has 0 aliphatic carbocycles. The van der Waals surface area contributed by atoms with Gasteiger partial charge in [-0.1, -0.05) is 23.7 Å². The Bertz CT molecular complexity index is 273. The molecule has 15 heavy (non-hydrogen) atoms. The van der Waals surface area contributed by atoms with Gasteiger partial charge < -0.3 is 5.32 Å². The summed E-state index contributed by atoms with van der Waals surface area (Å²) < 4.78 is 0. The molecule has 1 aromatic rings. The Morgan fingerprint density at radius 1 is 1.33 bits per heavy atom. The Labute approximate surface area is 102 Å². The highest BCUT2D eigenvalue weighted by Gasteiger charge is 2.00. The van der Waals surface area contributed by atoms with Crippen LogP contribution in [0.25, 0.3) is 0 Å². The Morgan fingerprint density at radius 3 is 2.60 bits per heavy atom. The lowest BCUT2D eigenvalue weighted by atomic mass is 10.2. The van der Waals surface area contributed by atoms with E-state index in [1.807, 2.05) is 23.9 Å². The zero-order chi connectivity index (χ0) is 11.1. The van der Waals surface area contributed by atoms with Crippen LogP contribution in [0.2, 0.25) is 5.02 Å². The Hall–Kier alpha value is -0.180. The van der Waals surface area contributed by atoms with Crippen molar-refractivity contribution in [3.05, 3.63) is 34.9 Å². The van der Waals surface area contributed by atoms with Crippen LogP contribution in [0, 0.1) is 0 Å². The van der Waals surface area contributed by atoms with Gasteiger partial charge in [0.25, 0.3) is 0 Å². The number of halogens is 1. The van der Waals surface area contributed by atoms with Gasteiger partial charge >= 0.3 is 0 Å². The van der Waals surface area contributed by atoms with Crippen molar-refractivity contribution in [1.82, 2.24) is 5.32 Å². The van der Waals surface area contributed by atoms with Crippen molar-refractivity contribution < 1.29 is 0 Å². The highest BCUT2D eigenvalue weighted by molar-refractivity contribution is 7.98. The summed E-state index contributed by atoms with van der Waals surface area (Å²) in [5, 5.41) is 4.30. The lowest BCUT2D eigenvalue weighted by Crippen LogP contribution is -2.25. The maximum atomic E-state index is 5.82. The second-order valence-corrected chi connectivity index (χ2v) is 5.11. The van der Waals surface area contributed by atoms with Crippen molar-refractivity contribution >= 4 is 23.4 Å². The maximum absolute atomic E-state index is 5.82. The van der Waals surface area contributed by atoms with Gasteiger partial charge in [-0.15, -0.1) is 0 Å². The molecule has 0 amide bonds. The monoisotopic (exact) mass is 243 g/mol. The molecule has 0 radical (unpaired) electrons. The number of benzene rings is 1. The van der Waals surface area contributed by atoms with E-state index < -0.39 is 0 Å². The molecule has 0 saturated heterocycles. The van der Waals surface area contributed by atoms with E-state index in [0.717, 1.165) is 11.6 Å². The van der Waals surface area contributed by atoms with Gasteiger partial charge in [0.2, 0.25) is 0 Å². The molecule has 1 aromatic carbocycles. The molecule has 1 unspecified atom stereocenters. The molecular formula is C12H18ClNS. The molecule has 0 saturated carbocycles. The van der Waals surface area contributed by atoms with Crippen LogP contribution in [0.5, 0.6) is 0 Å². The van der Waals surface area contributed by atoms with E-state index in [1.165, 1.54) is 17.7 Å². The smallest absolute Gasteiger partial charge is 0.0406 e. The van der Waals surface area contributed by atoms with Crippen molar-refractivity contribution in [2.75, 3.05) is 12.0 Å². The number of hydrogen-bond donors (Lipinski definition) is 1. The third kappa shape index (κ3) is 5.45. The molecule has 0 aliphatic heterocycles. The topological polar surface area (TPSA) is 12.0 Å². The number of thioether (sulfide) groups is 1. The number of rotatable bonds is 6. The third-order valence-electron chi connectivity index (χ3n) is 2.32. The predicted molar refractivity (Wildman–Crippen MR) is 70.8 cm³/mol. The fourth-order valence-corrected chi connectivity index (χ4v) is 2.01. The summed E-state index contributed by atoms with van der Waals surface area (Å²) in [7, 11) is 0. The number of nitrogens with one attached hydrogen (secondary N) is 1. The summed E-state index contributed by atoms with van der Waals surface area (Å²) in [5.41, 5.74) is 1.29. The van der Waals surface area contributed by atoms with E-state index in [9.17, 15) is 0 Å². The van der Waals surface area contributed by atoms with Gasteiger partial charge in [0.05, 0.1) is 0 Å². The van der Waals surface area contributed by atoms with Crippen LogP contribution in [0.15, 0.2) is 24.3 Å². The zero-order valence-corrected chi connectivity index (χ0v) is 10.9. The first kappa shape index (κ1) is 12.9. The van der Waals surface area contributed by atoms with Gasteiger partial charge in [0.1, 0.15) is 0 Å². The molecule has 1 nitrogen and oxygen atoms in total. The van der Waals surface area contributed by atoms with Gasteiger partial charge in [-0.3, -0.25) is 0 Å². The van der Waals surface area contributed by atoms with Crippen molar-refractivity contribution in [3.8, 4) is 0 Å². The van der Waals surface area contributed by atoms with Crippen LogP contribution < -0.4 is 5.32 Å². The van der Waals surface area contributed by atoms with Crippen molar-refractivity contribution in [1.29, 1.82) is 0 Å². The summed E-state index contributed by atoms with van der Waals surface area (Å²) in [6.07, 6.45) is 3.36. The molecule has 0 aromatic heterocycles. The molecule has 0 bridgehead atoms. The molecule has 0 aliphatic rings. The van der Waals surface area contributed by atoms with E-state index in [-0.39, 0.29) is 0 Å². The SMILES string of the molecule is CSCCC(C)NCc1ccc(Cl)cc1. The first-order valence-electron chi connectivity index (χ1n) is 5.19. The minimum absolute atomic E-state index is 0.577. The molecule has 1 rings (SSSR count). The minimum atomic E-state index is 0.577. The van der Waals surface area contributed by atoms with Gasteiger partial charge in [0.15, 0.2) is 0 Å². The minimum Gasteiger partial charge on any atom is -0.310 e. The number of hydrogen-bond acceptors (Lipinski definition) is 2. The largest absolute Gasteiger partial charge is 0.310 e. The third-order valence-corrected chi connectivity index (χ3v) is 3.22. The second-order valence-electron chi connectivity index (χ2n) is 3.69. The molecule has 1 atom stereocenters. The maximum Gasteiger partial charge on any atom is 0.0406 e. The summed E-state index contributed by atoms with van der Waals surface area (Å²) in [5.74, 6) is 1.22. The van der Waals surface area contributed by atoms with E-state index in [4.69, 9.17) is 11.6 Å². The van der Waals surface area contributed by atoms with Gasteiger partial charge in [-0.05, 0) is 43.0 Å². The van der Waals surface area contributed by atoms with Gasteiger partial charge in [0, 0.05) is 17.6 Å². The summed E-state index contributed by atoms with van der Waals surface area (Å²) >= 11 is 7.72. The average Bonchev–Trinajstić information content (AvgIpc) is 2.25. The Balaban J connectivity index is 2.27. The van der Waals surface area contributed by atoms with E-state index in [0.29, 0.717) is 6.04 Å². The molecular weight excluding hydrogens is 226 g/mol. The van der Waals surface area contributed by atoms with E-state index in [1.54, 1.807) is 0 Å². The standard InChI is InChI=1S/C12H18ClNS/c1-10(7-8-15-2)14-9-11-3-5-12(13)6-4-11/h3-6,10,14H,7-9H2,1-2H3. The van der Waals surface area contributed by atoms with Gasteiger partial charge in [-0.25, -0.2) is 0 Å². The molecule has 0 spiro atoms. The normalized spacial score (nSPS) is 12.7. The highest BCUT2D eigenvalue weighted by atomic mass is 35.5. The van der Waals surface area contributed by atoms with Crippen LogP contribution in [0.4, 0.5) is 0 Å². The van der Waals surface area contributed by atoms with E-state index >= 15 is 0 Å². The van der Waals surface area contributed by atoms with Crippen LogP contribution in [-0.2, 0) is 6.54 Å². The zero-order valence-electron chi connectivity index (χ0n) is 9.29. The molecule has 0 fully saturated rings. The lowest BCUT2D eigenvalue weighted by molar-refractivity contribution is 0.537. The fourth-order valence-electron chi connectivity index (χ4n) is 1.29. The Kier molecular flexibility index (Phi) is 6.15. The Morgan fingerprint density at radius 2 is 2.00 bits per heavy atom. The summed E-state index contributed by atoms with van der Waals surface area (Å²) in [6, 6.07) is 8.58. The van der Waals surface area contributed by atoms with Crippen LogP contribution in [0.1, 0.15) is 18.9 Å². The summed E-state index contributed by atoms with van der Waals surface area (Å²) in [6.45, 7) is 3.15. The van der Waals surface area contributed by atoms with Crippen LogP contribution >= 0.6 is 23.4 Å². The molecule has 3 heteroatoms. The second kappa shape index (κ2) is 7.15. The highest BCUT2D eigenvalue weighted by Crippen LogP contribution is 2.09. The van der Waals surface area contributed by atoms with Gasteiger partial charge in [-0.2, -0.15) is 11.8 Å². The first-order valence-corrected chi connectivity index (χ1v) is 6.96. The van der Waals surface area contributed by atoms with Crippen molar-refractivity contribution in [2.45, 2.75) is 25.9 Å². The van der Waals surface area contributed by atoms with E-state index in [2.05, 4.69) is 30.6 Å². The molecule has 0 heterocycles. The fraction of sp³-hybridized carbons (Fsp3) is 0.500. The van der Waals surface area contributed by atoms with Crippen molar-refractivity contribution in [2.24, 2.45) is 0 Å². The molecule has 84 valence electrons. The summed E-state index contributed by atoms with van der Waals surface area (Å²) in [4.78, 5) is 0. The van der Waals surface area contributed by atoms with Crippen LogP contribution in [-0.4, -0.2) is 18.1 Å². The predicted octanol–water partition coefficient (Wildman–Crippen LogP) is 3.57. The molecule has 1 N–H and O–H groups in total. The first-order chi connectivity index (χ1) is 7.22. The van der Waals surface area contributed by atoms with Crippen molar-refractivity contribution in [3.63, 3.8) is 0 Å². The van der Waals surface area contributed by atoms with Crippen LogP contribution in [0.3, 0.4) is 0 Å². The lowest BCUT2D eigenvalue weighted by Gasteiger charge is -2.12.